The van der Waals surface area contributed by atoms with Crippen LogP contribution in [0.2, 0.25) is 0 Å². The lowest BCUT2D eigenvalue weighted by atomic mass is 10.2. The minimum absolute atomic E-state index is 0.197. The Morgan fingerprint density at radius 2 is 1.81 bits per heavy atom. The van der Waals surface area contributed by atoms with E-state index in [1.807, 2.05) is 67.6 Å². The van der Waals surface area contributed by atoms with Crippen molar-refractivity contribution in [1.29, 1.82) is 0 Å². The molecule has 0 fully saturated rings. The van der Waals surface area contributed by atoms with E-state index in [-0.39, 0.29) is 5.91 Å². The number of carbonyl (C=O) groups excluding carboxylic acids is 1. The summed E-state index contributed by atoms with van der Waals surface area (Å²) in [7, 11) is 0. The molecule has 26 heavy (non-hydrogen) atoms. The maximum Gasteiger partial charge on any atom is 0.259 e. The SMILES string of the molecule is Cc1c(C(=O)Nc2ccc(Br)cc2)cnn1-c1ccc2ccccc2n1. The molecule has 0 bridgehead atoms. The summed E-state index contributed by atoms with van der Waals surface area (Å²) < 4.78 is 2.64. The number of aromatic nitrogens is 3. The maximum atomic E-state index is 12.6. The van der Waals surface area contributed by atoms with E-state index in [0.717, 1.165) is 26.8 Å². The first-order valence-corrected chi connectivity index (χ1v) is 8.89. The molecule has 0 aliphatic carbocycles. The Morgan fingerprint density at radius 1 is 1.04 bits per heavy atom. The molecule has 0 aliphatic rings. The van der Waals surface area contributed by atoms with Crippen LogP contribution in [-0.4, -0.2) is 20.7 Å². The molecule has 1 N–H and O–H groups in total. The van der Waals surface area contributed by atoms with E-state index in [0.29, 0.717) is 11.4 Å². The molecule has 128 valence electrons. The van der Waals surface area contributed by atoms with Crippen LogP contribution < -0.4 is 5.32 Å². The van der Waals surface area contributed by atoms with Crippen molar-refractivity contribution in [3.8, 4) is 5.82 Å². The van der Waals surface area contributed by atoms with E-state index < -0.39 is 0 Å². The molecule has 0 spiro atoms. The first kappa shape index (κ1) is 16.5. The number of fused-ring (bicyclic) bond motifs is 1. The number of halogens is 1. The first-order chi connectivity index (χ1) is 12.6. The first-order valence-electron chi connectivity index (χ1n) is 8.09. The predicted molar refractivity (Wildman–Crippen MR) is 106 cm³/mol. The largest absolute Gasteiger partial charge is 0.322 e. The van der Waals surface area contributed by atoms with Gasteiger partial charge in [-0.1, -0.05) is 34.1 Å². The third kappa shape index (κ3) is 3.11. The molecule has 0 saturated heterocycles. The Hall–Kier alpha value is -2.99. The van der Waals surface area contributed by atoms with Crippen molar-refractivity contribution in [2.24, 2.45) is 0 Å². The minimum atomic E-state index is -0.197. The van der Waals surface area contributed by atoms with Crippen LogP contribution in [0, 0.1) is 6.92 Å². The standard InChI is InChI=1S/C20H15BrN4O/c1-13-17(20(26)23-16-9-7-15(21)8-10-16)12-22-25(13)19-11-6-14-4-2-3-5-18(14)24-19/h2-12H,1H3,(H,23,26). The van der Waals surface area contributed by atoms with Crippen molar-refractivity contribution >= 4 is 38.4 Å². The van der Waals surface area contributed by atoms with Crippen molar-refractivity contribution in [1.82, 2.24) is 14.8 Å². The van der Waals surface area contributed by atoms with Gasteiger partial charge in [0.15, 0.2) is 5.82 Å². The zero-order chi connectivity index (χ0) is 18.1. The summed E-state index contributed by atoms with van der Waals surface area (Å²) in [6.45, 7) is 1.86. The second-order valence-corrected chi connectivity index (χ2v) is 6.79. The fourth-order valence-corrected chi connectivity index (χ4v) is 3.03. The van der Waals surface area contributed by atoms with Crippen LogP contribution in [0.1, 0.15) is 16.1 Å². The molecule has 2 heterocycles. The lowest BCUT2D eigenvalue weighted by Gasteiger charge is -2.07. The normalized spacial score (nSPS) is 10.8. The van der Waals surface area contributed by atoms with Gasteiger partial charge in [0, 0.05) is 15.5 Å². The van der Waals surface area contributed by atoms with Crippen molar-refractivity contribution in [2.45, 2.75) is 6.92 Å². The highest BCUT2D eigenvalue weighted by Gasteiger charge is 2.16. The van der Waals surface area contributed by atoms with Gasteiger partial charge in [0.05, 0.1) is 23.0 Å². The molecule has 0 aliphatic heterocycles. The summed E-state index contributed by atoms with van der Waals surface area (Å²) in [6, 6.07) is 19.2. The molecule has 0 saturated carbocycles. The molecule has 0 unspecified atom stereocenters. The smallest absolute Gasteiger partial charge is 0.259 e. The van der Waals surface area contributed by atoms with Crippen LogP contribution in [0.25, 0.3) is 16.7 Å². The number of para-hydroxylation sites is 1. The van der Waals surface area contributed by atoms with Crippen LogP contribution in [0.15, 0.2) is 71.3 Å². The van der Waals surface area contributed by atoms with Crippen molar-refractivity contribution < 1.29 is 4.79 Å². The molecule has 4 rings (SSSR count). The van der Waals surface area contributed by atoms with Gasteiger partial charge >= 0.3 is 0 Å². The Balaban J connectivity index is 1.64. The average molecular weight is 407 g/mol. The molecule has 2 aromatic heterocycles. The van der Waals surface area contributed by atoms with Gasteiger partial charge in [0.2, 0.25) is 0 Å². The Bertz CT molecular complexity index is 1100. The number of amides is 1. The minimum Gasteiger partial charge on any atom is -0.322 e. The summed E-state index contributed by atoms with van der Waals surface area (Å²) >= 11 is 3.38. The lowest BCUT2D eigenvalue weighted by Crippen LogP contribution is -2.13. The Morgan fingerprint density at radius 3 is 2.62 bits per heavy atom. The quantitative estimate of drug-likeness (QED) is 0.534. The van der Waals surface area contributed by atoms with E-state index in [9.17, 15) is 4.79 Å². The maximum absolute atomic E-state index is 12.6. The molecular weight excluding hydrogens is 392 g/mol. The van der Waals surface area contributed by atoms with Gasteiger partial charge in [-0.2, -0.15) is 5.10 Å². The van der Waals surface area contributed by atoms with Gasteiger partial charge in [-0.3, -0.25) is 4.79 Å². The molecule has 1 amide bonds. The monoisotopic (exact) mass is 406 g/mol. The highest BCUT2D eigenvalue weighted by atomic mass is 79.9. The lowest BCUT2D eigenvalue weighted by molar-refractivity contribution is 0.102. The zero-order valence-corrected chi connectivity index (χ0v) is 15.6. The summed E-state index contributed by atoms with van der Waals surface area (Å²) in [5, 5.41) is 8.31. The van der Waals surface area contributed by atoms with Crippen molar-refractivity contribution in [3.05, 3.63) is 82.6 Å². The van der Waals surface area contributed by atoms with Crippen molar-refractivity contribution in [2.75, 3.05) is 5.32 Å². The fraction of sp³-hybridized carbons (Fsp3) is 0.0500. The summed E-state index contributed by atoms with van der Waals surface area (Å²) in [5.41, 5.74) is 2.88. The number of nitrogens with zero attached hydrogens (tertiary/aromatic N) is 3. The molecule has 0 radical (unpaired) electrons. The van der Waals surface area contributed by atoms with Crippen LogP contribution in [-0.2, 0) is 0 Å². The average Bonchev–Trinajstić information content (AvgIpc) is 3.05. The predicted octanol–water partition coefficient (Wildman–Crippen LogP) is 4.74. The molecule has 0 atom stereocenters. The summed E-state index contributed by atoms with van der Waals surface area (Å²) in [6.07, 6.45) is 1.57. The van der Waals surface area contributed by atoms with E-state index >= 15 is 0 Å². The van der Waals surface area contributed by atoms with Crippen LogP contribution in [0.4, 0.5) is 5.69 Å². The third-order valence-corrected chi connectivity index (χ3v) is 4.69. The summed E-state index contributed by atoms with van der Waals surface area (Å²) in [5.74, 6) is 0.487. The van der Waals surface area contributed by atoms with Gasteiger partial charge in [-0.15, -0.1) is 0 Å². The Labute approximate surface area is 158 Å². The van der Waals surface area contributed by atoms with Gasteiger partial charge in [-0.05, 0) is 49.4 Å². The highest BCUT2D eigenvalue weighted by Crippen LogP contribution is 2.19. The molecule has 2 aromatic carbocycles. The van der Waals surface area contributed by atoms with Crippen LogP contribution in [0.5, 0.6) is 0 Å². The highest BCUT2D eigenvalue weighted by molar-refractivity contribution is 9.10. The number of carbonyl (C=O) groups is 1. The molecule has 5 nitrogen and oxygen atoms in total. The second kappa shape index (κ2) is 6.72. The van der Waals surface area contributed by atoms with Gasteiger partial charge in [0.25, 0.3) is 5.91 Å². The number of benzene rings is 2. The van der Waals surface area contributed by atoms with E-state index in [4.69, 9.17) is 0 Å². The van der Waals surface area contributed by atoms with E-state index in [1.165, 1.54) is 0 Å². The topological polar surface area (TPSA) is 59.8 Å². The van der Waals surface area contributed by atoms with E-state index in [1.54, 1.807) is 10.9 Å². The number of pyridine rings is 1. The Kier molecular flexibility index (Phi) is 4.26. The number of anilines is 1. The molecule has 6 heteroatoms. The molecular formula is C20H15BrN4O. The zero-order valence-electron chi connectivity index (χ0n) is 14.0. The number of nitrogens with one attached hydrogen (secondary N) is 1. The van der Waals surface area contributed by atoms with Gasteiger partial charge < -0.3 is 5.32 Å². The van der Waals surface area contributed by atoms with Crippen molar-refractivity contribution in [3.63, 3.8) is 0 Å². The van der Waals surface area contributed by atoms with Gasteiger partial charge in [0.1, 0.15) is 0 Å². The van der Waals surface area contributed by atoms with Crippen LogP contribution in [0.3, 0.4) is 0 Å². The number of hydrogen-bond donors (Lipinski definition) is 1. The summed E-state index contributed by atoms with van der Waals surface area (Å²) in [4.78, 5) is 17.2. The third-order valence-electron chi connectivity index (χ3n) is 4.16. The van der Waals surface area contributed by atoms with Crippen LogP contribution >= 0.6 is 15.9 Å². The second-order valence-electron chi connectivity index (χ2n) is 5.88. The van der Waals surface area contributed by atoms with E-state index in [2.05, 4.69) is 31.3 Å². The number of hydrogen-bond acceptors (Lipinski definition) is 3. The van der Waals surface area contributed by atoms with Gasteiger partial charge in [-0.25, -0.2) is 9.67 Å². The number of rotatable bonds is 3. The fourth-order valence-electron chi connectivity index (χ4n) is 2.77. The molecule has 4 aromatic rings.